The standard InChI is InChI=1S/C36H64N6O12/c1-24(20-29(46)47)21-36(6,7)33(52)41-25(30(48)49)10-12-34(2,3)31(50)40-15-17-54-19-18-53-16-13-35(4,5)32(51)39-14-11-28(45)42(22-26(43)37-8)23-27(44)38-9/h24-25H,10-23H2,1-9H3,(H,37,43)(H,38,44)(H,39,51)(H,40,50)(H,41,52)(H,46,47)(H,48,49)/t24?,25-/m0/s1. The number of carbonyl (C=O) groups is 8. The minimum Gasteiger partial charge on any atom is -0.481 e. The minimum absolute atomic E-state index is 0.00769. The van der Waals surface area contributed by atoms with Gasteiger partial charge in [0.1, 0.15) is 19.1 Å². The number of hydrogen-bond donors (Lipinski definition) is 7. The first-order valence-corrected chi connectivity index (χ1v) is 18.2. The van der Waals surface area contributed by atoms with Gasteiger partial charge in [0.25, 0.3) is 0 Å². The second-order valence-corrected chi connectivity index (χ2v) is 15.3. The van der Waals surface area contributed by atoms with E-state index in [1.165, 1.54) is 14.1 Å². The Bertz CT molecular complexity index is 1270. The predicted octanol–water partition coefficient (Wildman–Crippen LogP) is 0.282. The molecule has 0 radical (unpaired) electrons. The van der Waals surface area contributed by atoms with E-state index in [-0.39, 0.29) is 102 Å². The number of carboxylic acid groups (broad SMARTS) is 2. The lowest BCUT2D eigenvalue weighted by Crippen LogP contribution is -2.48. The third-order valence-electron chi connectivity index (χ3n) is 8.87. The van der Waals surface area contributed by atoms with Crippen LogP contribution >= 0.6 is 0 Å². The second-order valence-electron chi connectivity index (χ2n) is 15.3. The quantitative estimate of drug-likeness (QED) is 0.0530. The molecule has 2 atom stereocenters. The van der Waals surface area contributed by atoms with Crippen LogP contribution < -0.4 is 26.6 Å². The number of nitrogens with one attached hydrogen (secondary N) is 5. The summed E-state index contributed by atoms with van der Waals surface area (Å²) in [5.41, 5.74) is -2.74. The molecule has 1 unspecified atom stereocenters. The van der Waals surface area contributed by atoms with Gasteiger partial charge in [-0.05, 0) is 31.6 Å². The van der Waals surface area contributed by atoms with E-state index in [1.807, 2.05) is 0 Å². The summed E-state index contributed by atoms with van der Waals surface area (Å²) in [5.74, 6) is -4.90. The monoisotopic (exact) mass is 772 g/mol. The summed E-state index contributed by atoms with van der Waals surface area (Å²) >= 11 is 0. The van der Waals surface area contributed by atoms with Gasteiger partial charge in [-0.3, -0.25) is 33.6 Å². The summed E-state index contributed by atoms with van der Waals surface area (Å²) in [6.07, 6.45) is 0.621. The van der Waals surface area contributed by atoms with Crippen molar-refractivity contribution in [2.24, 2.45) is 22.2 Å². The van der Waals surface area contributed by atoms with E-state index in [9.17, 15) is 43.5 Å². The molecule has 0 heterocycles. The Morgan fingerprint density at radius 1 is 0.667 bits per heavy atom. The van der Waals surface area contributed by atoms with Crippen molar-refractivity contribution >= 4 is 47.4 Å². The molecule has 7 N–H and O–H groups in total. The van der Waals surface area contributed by atoms with Crippen LogP contribution in [0.25, 0.3) is 0 Å². The van der Waals surface area contributed by atoms with Crippen LogP contribution in [-0.2, 0) is 47.8 Å². The molecule has 0 saturated carbocycles. The summed E-state index contributed by atoms with van der Waals surface area (Å²) in [6, 6.07) is -1.22. The molecule has 0 spiro atoms. The van der Waals surface area contributed by atoms with Crippen molar-refractivity contribution in [2.45, 2.75) is 93.0 Å². The summed E-state index contributed by atoms with van der Waals surface area (Å²) in [7, 11) is 2.85. The topological polar surface area (TPSA) is 259 Å². The number of carbonyl (C=O) groups excluding carboxylic acids is 6. The van der Waals surface area contributed by atoms with Crippen LogP contribution in [0.2, 0.25) is 0 Å². The van der Waals surface area contributed by atoms with Gasteiger partial charge in [-0.2, -0.15) is 0 Å². The fraction of sp³-hybridized carbons (Fsp3) is 0.778. The first-order valence-electron chi connectivity index (χ1n) is 18.2. The molecular formula is C36H64N6O12. The van der Waals surface area contributed by atoms with Crippen LogP contribution in [-0.4, -0.2) is 135 Å². The first-order chi connectivity index (χ1) is 25.0. The largest absolute Gasteiger partial charge is 0.481 e. The van der Waals surface area contributed by atoms with Crippen molar-refractivity contribution in [2.75, 3.05) is 66.7 Å². The number of aliphatic carboxylic acids is 2. The number of ether oxygens (including phenoxy) is 2. The van der Waals surface area contributed by atoms with E-state index in [0.717, 1.165) is 4.90 Å². The zero-order valence-electron chi connectivity index (χ0n) is 33.5. The summed E-state index contributed by atoms with van der Waals surface area (Å²) < 4.78 is 11.1. The fourth-order valence-electron chi connectivity index (χ4n) is 5.22. The molecule has 18 nitrogen and oxygen atoms in total. The summed E-state index contributed by atoms with van der Waals surface area (Å²) in [5, 5.41) is 31.6. The van der Waals surface area contributed by atoms with Crippen LogP contribution in [0, 0.1) is 22.2 Å². The molecule has 0 saturated heterocycles. The third kappa shape index (κ3) is 20.2. The zero-order valence-corrected chi connectivity index (χ0v) is 33.5. The Hall–Kier alpha value is -4.32. The van der Waals surface area contributed by atoms with Crippen LogP contribution in [0.4, 0.5) is 0 Å². The molecule has 0 aromatic carbocycles. The van der Waals surface area contributed by atoms with Gasteiger partial charge in [-0.15, -0.1) is 0 Å². The van der Waals surface area contributed by atoms with Gasteiger partial charge in [0.05, 0.1) is 19.8 Å². The van der Waals surface area contributed by atoms with Crippen LogP contribution in [0.15, 0.2) is 0 Å². The number of carboxylic acids is 2. The summed E-state index contributed by atoms with van der Waals surface area (Å²) in [4.78, 5) is 98.5. The molecule has 6 amide bonds. The van der Waals surface area contributed by atoms with Crippen molar-refractivity contribution in [3.8, 4) is 0 Å². The average molecular weight is 773 g/mol. The maximum absolute atomic E-state index is 12.9. The lowest BCUT2D eigenvalue weighted by molar-refractivity contribution is -0.144. The number of rotatable bonds is 28. The SMILES string of the molecule is CNC(=O)CN(CC(=O)NC)C(=O)CCNC(=O)C(C)(C)CCOCCOCCNC(=O)C(C)(C)CC[C@H](NC(=O)C(C)(C)CC(C)CC(=O)O)C(=O)O. The number of nitrogens with zero attached hydrogens (tertiary/aromatic N) is 1. The maximum Gasteiger partial charge on any atom is 0.326 e. The van der Waals surface area contributed by atoms with Gasteiger partial charge in [-0.25, -0.2) is 4.79 Å². The van der Waals surface area contributed by atoms with Crippen molar-refractivity contribution in [1.29, 1.82) is 0 Å². The van der Waals surface area contributed by atoms with E-state index in [1.54, 1.807) is 48.5 Å². The van der Waals surface area contributed by atoms with E-state index in [4.69, 9.17) is 14.6 Å². The van der Waals surface area contributed by atoms with Gasteiger partial charge >= 0.3 is 11.9 Å². The Labute approximate surface area is 318 Å². The molecule has 0 rings (SSSR count). The molecule has 0 aromatic heterocycles. The Balaban J connectivity index is 4.50. The number of amides is 6. The highest BCUT2D eigenvalue weighted by atomic mass is 16.5. The van der Waals surface area contributed by atoms with Crippen molar-refractivity contribution < 1.29 is 58.0 Å². The molecule has 310 valence electrons. The average Bonchev–Trinajstić information content (AvgIpc) is 3.07. The smallest absolute Gasteiger partial charge is 0.326 e. The number of likely N-dealkylation sites (N-methyl/N-ethyl adjacent to an activating group) is 2. The molecule has 18 heteroatoms. The van der Waals surface area contributed by atoms with Crippen molar-refractivity contribution in [1.82, 2.24) is 31.5 Å². The van der Waals surface area contributed by atoms with E-state index in [0.29, 0.717) is 6.42 Å². The van der Waals surface area contributed by atoms with Crippen molar-refractivity contribution in [3.63, 3.8) is 0 Å². The third-order valence-corrected chi connectivity index (χ3v) is 8.87. The van der Waals surface area contributed by atoms with Gasteiger partial charge in [-0.1, -0.05) is 48.5 Å². The highest BCUT2D eigenvalue weighted by molar-refractivity contribution is 5.90. The molecule has 54 heavy (non-hydrogen) atoms. The molecule has 0 aliphatic carbocycles. The highest BCUT2D eigenvalue weighted by Crippen LogP contribution is 2.29. The molecular weight excluding hydrogens is 708 g/mol. The molecule has 0 aliphatic rings. The molecule has 0 aromatic rings. The molecule has 0 aliphatic heterocycles. The zero-order chi connectivity index (χ0) is 41.7. The summed E-state index contributed by atoms with van der Waals surface area (Å²) in [6.45, 7) is 12.4. The number of hydrogen-bond acceptors (Lipinski definition) is 10. The predicted molar refractivity (Wildman–Crippen MR) is 198 cm³/mol. The molecule has 0 fully saturated rings. The maximum atomic E-state index is 12.9. The van der Waals surface area contributed by atoms with E-state index < -0.39 is 57.9 Å². The Kier molecular flexibility index (Phi) is 22.2. The Morgan fingerprint density at radius 3 is 1.67 bits per heavy atom. The normalized spacial score (nSPS) is 12.8. The lowest BCUT2D eigenvalue weighted by Gasteiger charge is -2.29. The van der Waals surface area contributed by atoms with E-state index in [2.05, 4.69) is 26.6 Å². The van der Waals surface area contributed by atoms with Crippen LogP contribution in [0.1, 0.15) is 87.0 Å². The first kappa shape index (κ1) is 49.7. The van der Waals surface area contributed by atoms with Crippen LogP contribution in [0.3, 0.4) is 0 Å². The minimum atomic E-state index is -1.23. The van der Waals surface area contributed by atoms with Crippen LogP contribution in [0.5, 0.6) is 0 Å². The van der Waals surface area contributed by atoms with Gasteiger partial charge in [0.2, 0.25) is 35.4 Å². The fourth-order valence-corrected chi connectivity index (χ4v) is 5.22. The van der Waals surface area contributed by atoms with Gasteiger partial charge in [0.15, 0.2) is 0 Å². The van der Waals surface area contributed by atoms with E-state index >= 15 is 0 Å². The van der Waals surface area contributed by atoms with Gasteiger partial charge in [0, 0.05) is 62.9 Å². The molecule has 0 bridgehead atoms. The van der Waals surface area contributed by atoms with Crippen molar-refractivity contribution in [3.05, 3.63) is 0 Å². The highest BCUT2D eigenvalue weighted by Gasteiger charge is 2.35. The lowest BCUT2D eigenvalue weighted by atomic mass is 9.81. The van der Waals surface area contributed by atoms with Gasteiger partial charge < -0.3 is 51.2 Å². The second kappa shape index (κ2) is 24.2. The Morgan fingerprint density at radius 2 is 1.17 bits per heavy atom.